The number of nitrogens with one attached hydrogen (secondary N) is 6. The van der Waals surface area contributed by atoms with Crippen LogP contribution in [-0.2, 0) is 33.4 Å². The standard InChI is InChI=1S/C32H58FN9O8S/c1-21(2)18-23(39-27(44)19-33)30(46)40-22(6-5-9-38-31(34)35)29(45)37-11-13-49-15-17-50-16-14-48-12-10-36-26(43)8-4-3-7-25-28-24(20-51-25)41-32(47)42-28/h21-25,28H,3-20H2,1-2H3,(H,36,43)(H,37,45)(H,39,44)(H,40,46)(H4,34,35,38)(H2,41,42,47)/t22-,23-,24-,25-,28-/m0/s1. The van der Waals surface area contributed by atoms with Gasteiger partial charge in [0.15, 0.2) is 12.6 Å². The number of rotatable bonds is 28. The van der Waals surface area contributed by atoms with Crippen LogP contribution >= 0.6 is 11.8 Å². The first-order chi connectivity index (χ1) is 24.5. The number of fused-ring (bicyclic) bond motifs is 1. The molecule has 0 aliphatic carbocycles. The lowest BCUT2D eigenvalue weighted by Gasteiger charge is -2.24. The second-order valence-electron chi connectivity index (χ2n) is 12.7. The zero-order chi connectivity index (χ0) is 37.4. The Hall–Kier alpha value is -3.42. The van der Waals surface area contributed by atoms with Gasteiger partial charge in [-0.25, -0.2) is 9.18 Å². The van der Waals surface area contributed by atoms with Gasteiger partial charge in [0.25, 0.3) is 5.91 Å². The molecule has 19 heteroatoms. The van der Waals surface area contributed by atoms with Crippen molar-refractivity contribution in [1.29, 1.82) is 0 Å². The van der Waals surface area contributed by atoms with Crippen LogP contribution in [0.2, 0.25) is 0 Å². The van der Waals surface area contributed by atoms with Crippen LogP contribution in [0.3, 0.4) is 0 Å². The van der Waals surface area contributed by atoms with Crippen LogP contribution in [0.25, 0.3) is 0 Å². The Kier molecular flexibility index (Phi) is 21.9. The van der Waals surface area contributed by atoms with Crippen molar-refractivity contribution in [2.75, 3.05) is 71.7 Å². The van der Waals surface area contributed by atoms with Gasteiger partial charge in [-0.3, -0.25) is 24.2 Å². The first-order valence-corrected chi connectivity index (χ1v) is 18.7. The minimum atomic E-state index is -1.25. The van der Waals surface area contributed by atoms with Crippen molar-refractivity contribution in [2.45, 2.75) is 88.2 Å². The molecule has 292 valence electrons. The van der Waals surface area contributed by atoms with Crippen LogP contribution in [-0.4, -0.2) is 137 Å². The molecule has 0 radical (unpaired) electrons. The number of halogens is 1. The molecule has 17 nitrogen and oxygen atoms in total. The summed E-state index contributed by atoms with van der Waals surface area (Å²) in [6, 6.07) is -1.60. The smallest absolute Gasteiger partial charge is 0.315 e. The number of thioether (sulfide) groups is 1. The van der Waals surface area contributed by atoms with Crippen LogP contribution in [0.1, 0.15) is 58.8 Å². The van der Waals surface area contributed by atoms with E-state index < -0.39 is 36.5 Å². The number of unbranched alkanes of at least 4 members (excludes halogenated alkanes) is 1. The highest BCUT2D eigenvalue weighted by molar-refractivity contribution is 8.00. The summed E-state index contributed by atoms with van der Waals surface area (Å²) in [6.07, 6.45) is 4.07. The molecule has 51 heavy (non-hydrogen) atoms. The summed E-state index contributed by atoms with van der Waals surface area (Å²) in [7, 11) is 0. The Labute approximate surface area is 303 Å². The van der Waals surface area contributed by atoms with E-state index in [-0.39, 0.29) is 68.4 Å². The van der Waals surface area contributed by atoms with Crippen molar-refractivity contribution in [3.8, 4) is 0 Å². The number of carbonyl (C=O) groups excluding carboxylic acids is 5. The molecule has 0 aromatic carbocycles. The second kappa shape index (κ2) is 25.5. The average Bonchev–Trinajstić information content (AvgIpc) is 3.64. The number of amides is 6. The predicted octanol–water partition coefficient (Wildman–Crippen LogP) is -0.967. The van der Waals surface area contributed by atoms with Gasteiger partial charge < -0.3 is 57.6 Å². The van der Waals surface area contributed by atoms with Gasteiger partial charge in [0.1, 0.15) is 12.1 Å². The SMILES string of the molecule is CC(C)C[C@H](NC(=O)CF)C(=O)N[C@@H](CCCN=C(N)N)C(=O)NCCOCCOCCOCCNC(=O)CCCC[C@@H]1SC[C@@H]2NC(=O)N[C@@H]21. The molecule has 0 unspecified atom stereocenters. The largest absolute Gasteiger partial charge is 0.377 e. The normalized spacial score (nSPS) is 19.0. The summed E-state index contributed by atoms with van der Waals surface area (Å²) in [5.41, 5.74) is 10.7. The quantitative estimate of drug-likeness (QED) is 0.0209. The molecule has 2 rings (SSSR count). The maximum atomic E-state index is 12.9. The van der Waals surface area contributed by atoms with Crippen molar-refractivity contribution in [3.63, 3.8) is 0 Å². The molecule has 5 atom stereocenters. The van der Waals surface area contributed by atoms with E-state index in [1.807, 2.05) is 25.6 Å². The number of nitrogens with zero attached hydrogens (tertiary/aromatic N) is 1. The molecule has 0 aromatic heterocycles. The van der Waals surface area contributed by atoms with E-state index in [0.29, 0.717) is 57.7 Å². The molecular formula is C32H58FN9O8S. The number of ether oxygens (including phenoxy) is 3. The number of nitrogens with two attached hydrogens (primary N) is 2. The number of hydrogen-bond donors (Lipinski definition) is 8. The fourth-order valence-electron chi connectivity index (χ4n) is 5.52. The lowest BCUT2D eigenvalue weighted by molar-refractivity contribution is -0.132. The van der Waals surface area contributed by atoms with E-state index in [2.05, 4.69) is 36.9 Å². The maximum absolute atomic E-state index is 12.9. The number of aliphatic imine (C=N–C) groups is 1. The van der Waals surface area contributed by atoms with Gasteiger partial charge in [-0.2, -0.15) is 11.8 Å². The number of hydrogen-bond acceptors (Lipinski definition) is 10. The van der Waals surface area contributed by atoms with Gasteiger partial charge >= 0.3 is 6.03 Å². The van der Waals surface area contributed by atoms with E-state index in [0.717, 1.165) is 25.0 Å². The van der Waals surface area contributed by atoms with Crippen molar-refractivity contribution in [2.24, 2.45) is 22.4 Å². The number of alkyl halides is 1. The zero-order valence-corrected chi connectivity index (χ0v) is 30.7. The molecule has 0 aromatic rings. The van der Waals surface area contributed by atoms with E-state index in [4.69, 9.17) is 25.7 Å². The molecule has 2 aliphatic heterocycles. The number of urea groups is 1. The van der Waals surface area contributed by atoms with Crippen molar-refractivity contribution in [3.05, 3.63) is 0 Å². The molecule has 0 bridgehead atoms. The lowest BCUT2D eigenvalue weighted by atomic mass is 10.0. The maximum Gasteiger partial charge on any atom is 0.315 e. The summed E-state index contributed by atoms with van der Waals surface area (Å²) in [6.45, 7) is 5.24. The third-order valence-corrected chi connectivity index (χ3v) is 9.51. The van der Waals surface area contributed by atoms with Crippen LogP contribution < -0.4 is 43.4 Å². The fourth-order valence-corrected chi connectivity index (χ4v) is 7.06. The Morgan fingerprint density at radius 2 is 1.55 bits per heavy atom. The fraction of sp³-hybridized carbons (Fsp3) is 0.812. The molecular weight excluding hydrogens is 689 g/mol. The molecule has 2 heterocycles. The minimum Gasteiger partial charge on any atom is -0.377 e. The summed E-state index contributed by atoms with van der Waals surface area (Å²) < 4.78 is 29.3. The summed E-state index contributed by atoms with van der Waals surface area (Å²) in [5, 5.41) is 16.9. The predicted molar refractivity (Wildman–Crippen MR) is 192 cm³/mol. The van der Waals surface area contributed by atoms with Gasteiger partial charge in [-0.15, -0.1) is 0 Å². The molecule has 2 fully saturated rings. The molecule has 0 spiro atoms. The van der Waals surface area contributed by atoms with Gasteiger partial charge in [0.05, 0.1) is 51.7 Å². The van der Waals surface area contributed by atoms with Gasteiger partial charge in [0, 0.05) is 37.1 Å². The zero-order valence-electron chi connectivity index (χ0n) is 29.8. The first-order valence-electron chi connectivity index (χ1n) is 17.7. The summed E-state index contributed by atoms with van der Waals surface area (Å²) >= 11 is 1.88. The highest BCUT2D eigenvalue weighted by Gasteiger charge is 2.42. The highest BCUT2D eigenvalue weighted by atomic mass is 32.2. The number of guanidine groups is 1. The van der Waals surface area contributed by atoms with E-state index >= 15 is 0 Å². The Morgan fingerprint density at radius 3 is 2.20 bits per heavy atom. The highest BCUT2D eigenvalue weighted by Crippen LogP contribution is 2.33. The lowest BCUT2D eigenvalue weighted by Crippen LogP contribution is -2.54. The summed E-state index contributed by atoms with van der Waals surface area (Å²) in [4.78, 5) is 64.9. The second-order valence-corrected chi connectivity index (χ2v) is 14.0. The van der Waals surface area contributed by atoms with Crippen molar-refractivity contribution in [1.82, 2.24) is 31.9 Å². The van der Waals surface area contributed by atoms with Crippen LogP contribution in [0.15, 0.2) is 4.99 Å². The monoisotopic (exact) mass is 747 g/mol. The van der Waals surface area contributed by atoms with Gasteiger partial charge in [-0.05, 0) is 38.0 Å². The van der Waals surface area contributed by atoms with E-state index in [1.54, 1.807) is 0 Å². The van der Waals surface area contributed by atoms with Crippen LogP contribution in [0.4, 0.5) is 9.18 Å². The van der Waals surface area contributed by atoms with E-state index in [9.17, 15) is 28.4 Å². The topological polar surface area (TPSA) is 250 Å². The van der Waals surface area contributed by atoms with Crippen LogP contribution in [0, 0.1) is 5.92 Å². The van der Waals surface area contributed by atoms with Gasteiger partial charge in [-0.1, -0.05) is 20.3 Å². The molecule has 2 aliphatic rings. The van der Waals surface area contributed by atoms with Crippen molar-refractivity contribution >= 4 is 47.4 Å². The third-order valence-electron chi connectivity index (χ3n) is 8.00. The Balaban J connectivity index is 1.50. The number of carbonyl (C=O) groups is 5. The van der Waals surface area contributed by atoms with Crippen LogP contribution in [0.5, 0.6) is 0 Å². The molecule has 0 saturated carbocycles. The molecule has 10 N–H and O–H groups in total. The Bertz CT molecular complexity index is 1120. The molecule has 2 saturated heterocycles. The van der Waals surface area contributed by atoms with Crippen molar-refractivity contribution < 1.29 is 42.6 Å². The summed E-state index contributed by atoms with van der Waals surface area (Å²) in [5.74, 6) is -1.07. The first kappa shape index (κ1) is 43.7. The van der Waals surface area contributed by atoms with Gasteiger partial charge in [0.2, 0.25) is 17.7 Å². The average molecular weight is 748 g/mol. The molecule has 6 amide bonds. The third kappa shape index (κ3) is 19.1. The Morgan fingerprint density at radius 1 is 0.882 bits per heavy atom. The van der Waals surface area contributed by atoms with E-state index in [1.165, 1.54) is 0 Å². The minimum absolute atomic E-state index is 0.00507.